The van der Waals surface area contributed by atoms with E-state index in [1.165, 1.54) is 0 Å². The van der Waals surface area contributed by atoms with Crippen LogP contribution in [0.2, 0.25) is 0 Å². The van der Waals surface area contributed by atoms with Crippen molar-refractivity contribution in [2.24, 2.45) is 0 Å². The number of aromatic nitrogens is 2. The van der Waals surface area contributed by atoms with E-state index < -0.39 is 5.41 Å². The van der Waals surface area contributed by atoms with Crippen molar-refractivity contribution >= 4 is 22.9 Å². The topological polar surface area (TPSA) is 77.0 Å². The number of benzene rings is 6. The Morgan fingerprint density at radius 3 is 1.05 bits per heavy atom. The summed E-state index contributed by atoms with van der Waals surface area (Å²) in [6, 6.07) is 60.6. The van der Waals surface area contributed by atoms with Crippen LogP contribution in [0, 0.1) is 0 Å². The molecule has 1 aliphatic rings. The highest BCUT2D eigenvalue weighted by Gasteiger charge is 2.47. The number of hydrogen-bond acceptors (Lipinski definition) is 5. The van der Waals surface area contributed by atoms with Gasteiger partial charge < -0.3 is 0 Å². The highest BCUT2D eigenvalue weighted by atomic mass is 16.1. The molecule has 8 aromatic rings. The molecule has 0 aliphatic heterocycles. The zero-order chi connectivity index (χ0) is 38.9. The van der Waals surface area contributed by atoms with Gasteiger partial charge in [-0.3, -0.25) is 14.4 Å². The summed E-state index contributed by atoms with van der Waals surface area (Å²) in [7, 11) is 0. The Morgan fingerprint density at radius 1 is 0.368 bits per heavy atom. The fourth-order valence-corrected chi connectivity index (χ4v) is 8.02. The minimum Gasteiger partial charge on any atom is -0.287 e. The highest BCUT2D eigenvalue weighted by molar-refractivity contribution is 6.11. The van der Waals surface area contributed by atoms with Gasteiger partial charge in [-0.05, 0) is 63.2 Å². The van der Waals surface area contributed by atoms with Crippen molar-refractivity contribution in [1.29, 1.82) is 0 Å². The SMILES string of the molecule is C=C(c1ccccc1)c1cc(C2(c3cc(C(=O)c4ccccc4)nc(C(=O)c4ccccc4)c3)c3ccccc3-c3ccccc32)cc(C(=O)c2ccccc2)n1. The number of ketones is 3. The molecule has 0 spiro atoms. The largest absolute Gasteiger partial charge is 0.287 e. The van der Waals surface area contributed by atoms with E-state index >= 15 is 0 Å². The predicted octanol–water partition coefficient (Wildman–Crippen LogP) is 10.6. The van der Waals surface area contributed by atoms with E-state index in [9.17, 15) is 14.4 Å². The van der Waals surface area contributed by atoms with E-state index in [1.54, 1.807) is 72.8 Å². The van der Waals surface area contributed by atoms with Crippen LogP contribution in [0.15, 0.2) is 201 Å². The van der Waals surface area contributed by atoms with Gasteiger partial charge >= 0.3 is 0 Å². The van der Waals surface area contributed by atoms with Gasteiger partial charge in [-0.25, -0.2) is 9.97 Å². The van der Waals surface area contributed by atoms with Gasteiger partial charge in [-0.1, -0.05) is 176 Å². The van der Waals surface area contributed by atoms with E-state index in [4.69, 9.17) is 9.97 Å². The summed E-state index contributed by atoms with van der Waals surface area (Å²) in [4.78, 5) is 53.1. The summed E-state index contributed by atoms with van der Waals surface area (Å²) in [5, 5.41) is 0. The van der Waals surface area contributed by atoms with Crippen LogP contribution >= 0.6 is 0 Å². The third-order valence-corrected chi connectivity index (χ3v) is 10.7. The van der Waals surface area contributed by atoms with Crippen molar-refractivity contribution in [2.75, 3.05) is 0 Å². The first kappa shape index (κ1) is 35.1. The Morgan fingerprint density at radius 2 is 0.667 bits per heavy atom. The lowest BCUT2D eigenvalue weighted by Crippen LogP contribution is -2.31. The van der Waals surface area contributed by atoms with Gasteiger partial charge in [0, 0.05) is 22.3 Å². The van der Waals surface area contributed by atoms with E-state index in [2.05, 4.69) is 30.8 Å². The first-order chi connectivity index (χ1) is 27.9. The summed E-state index contributed by atoms with van der Waals surface area (Å²) in [6.07, 6.45) is 0. The molecule has 2 aromatic heterocycles. The molecular weight excluding hydrogens is 701 g/mol. The Labute approximate surface area is 330 Å². The molecule has 0 fully saturated rings. The third kappa shape index (κ3) is 6.12. The van der Waals surface area contributed by atoms with Gasteiger partial charge in [0.25, 0.3) is 0 Å². The van der Waals surface area contributed by atoms with Crippen LogP contribution in [-0.4, -0.2) is 27.3 Å². The second kappa shape index (κ2) is 14.5. The quantitative estimate of drug-likeness (QED) is 0.131. The molecule has 5 heteroatoms. The number of nitrogens with zero attached hydrogens (tertiary/aromatic N) is 2. The molecule has 0 unspecified atom stereocenters. The average Bonchev–Trinajstić information content (AvgIpc) is 3.60. The number of carbonyl (C=O) groups is 3. The van der Waals surface area contributed by atoms with Crippen LogP contribution in [0.3, 0.4) is 0 Å². The fraction of sp³-hybridized carbons (Fsp3) is 0.0192. The predicted molar refractivity (Wildman–Crippen MR) is 224 cm³/mol. The van der Waals surface area contributed by atoms with Crippen LogP contribution < -0.4 is 0 Å². The second-order valence-electron chi connectivity index (χ2n) is 14.0. The summed E-state index contributed by atoms with van der Waals surface area (Å²) >= 11 is 0. The number of fused-ring (bicyclic) bond motifs is 3. The molecule has 2 heterocycles. The lowest BCUT2D eigenvalue weighted by Gasteiger charge is -2.35. The monoisotopic (exact) mass is 734 g/mol. The maximum Gasteiger partial charge on any atom is 0.211 e. The lowest BCUT2D eigenvalue weighted by atomic mass is 9.67. The van der Waals surface area contributed by atoms with Gasteiger partial charge in [0.05, 0.1) is 11.1 Å². The number of hydrogen-bond donors (Lipinski definition) is 0. The van der Waals surface area contributed by atoms with E-state index in [0.717, 1.165) is 33.4 Å². The van der Waals surface area contributed by atoms with Gasteiger partial charge in [0.2, 0.25) is 17.3 Å². The molecule has 270 valence electrons. The Bertz CT molecular complexity index is 2510. The molecule has 57 heavy (non-hydrogen) atoms. The van der Waals surface area contributed by atoms with E-state index in [1.807, 2.05) is 97.1 Å². The van der Waals surface area contributed by atoms with Gasteiger partial charge in [0.1, 0.15) is 17.1 Å². The smallest absolute Gasteiger partial charge is 0.211 e. The van der Waals surface area contributed by atoms with E-state index in [-0.39, 0.29) is 34.4 Å². The average molecular weight is 735 g/mol. The third-order valence-electron chi connectivity index (χ3n) is 10.7. The van der Waals surface area contributed by atoms with Crippen molar-refractivity contribution in [1.82, 2.24) is 9.97 Å². The molecule has 6 aromatic carbocycles. The fourth-order valence-electron chi connectivity index (χ4n) is 8.02. The van der Waals surface area contributed by atoms with Gasteiger partial charge in [-0.2, -0.15) is 0 Å². The van der Waals surface area contributed by atoms with Crippen molar-refractivity contribution in [3.63, 3.8) is 0 Å². The highest BCUT2D eigenvalue weighted by Crippen LogP contribution is 2.56. The minimum absolute atomic E-state index is 0.128. The zero-order valence-electron chi connectivity index (χ0n) is 30.8. The van der Waals surface area contributed by atoms with Crippen LogP contribution in [0.1, 0.15) is 81.7 Å². The van der Waals surface area contributed by atoms with Crippen LogP contribution in [0.5, 0.6) is 0 Å². The Balaban J connectivity index is 1.39. The van der Waals surface area contributed by atoms with Crippen molar-refractivity contribution < 1.29 is 14.4 Å². The molecule has 0 radical (unpaired) electrons. The molecule has 0 saturated carbocycles. The maximum absolute atomic E-state index is 14.5. The molecule has 0 saturated heterocycles. The van der Waals surface area contributed by atoms with Gasteiger partial charge in [-0.15, -0.1) is 0 Å². The molecule has 1 aliphatic carbocycles. The number of rotatable bonds is 10. The first-order valence-corrected chi connectivity index (χ1v) is 18.7. The van der Waals surface area contributed by atoms with Crippen LogP contribution in [-0.2, 0) is 5.41 Å². The lowest BCUT2D eigenvalue weighted by molar-refractivity contribution is 0.102. The van der Waals surface area contributed by atoms with Crippen molar-refractivity contribution in [3.8, 4) is 11.1 Å². The normalized spacial score (nSPS) is 12.3. The number of carbonyl (C=O) groups excluding carboxylic acids is 3. The summed E-state index contributed by atoms with van der Waals surface area (Å²) in [5.41, 5.74) is 7.97. The molecule has 9 rings (SSSR count). The van der Waals surface area contributed by atoms with Crippen LogP contribution in [0.4, 0.5) is 0 Å². The standard InChI is InChI=1S/C52H34N2O3/c1-34(35-18-6-2-7-19-35)45-30-39(31-46(53-45)49(55)36-20-8-3-9-21-36)52(43-28-16-14-26-41(43)42-27-15-17-29-44(42)52)40-32-47(50(56)37-22-10-4-11-23-37)54-48(33-40)51(57)38-24-12-5-13-25-38/h2-33H,1H2. The molecule has 0 amide bonds. The molecule has 5 nitrogen and oxygen atoms in total. The van der Waals surface area contributed by atoms with E-state index in [0.29, 0.717) is 33.5 Å². The van der Waals surface area contributed by atoms with Crippen LogP contribution in [0.25, 0.3) is 16.7 Å². The first-order valence-electron chi connectivity index (χ1n) is 18.7. The Hall–Kier alpha value is -7.63. The minimum atomic E-state index is -1.14. The van der Waals surface area contributed by atoms with Crippen molar-refractivity contribution in [2.45, 2.75) is 5.41 Å². The Kier molecular flexibility index (Phi) is 8.96. The zero-order valence-corrected chi connectivity index (χ0v) is 30.8. The van der Waals surface area contributed by atoms with Crippen molar-refractivity contribution in [3.05, 3.63) is 268 Å². The maximum atomic E-state index is 14.5. The molecule has 0 bridgehead atoms. The molecule has 0 N–H and O–H groups in total. The second-order valence-corrected chi connectivity index (χ2v) is 14.0. The molecule has 0 atom stereocenters. The summed E-state index contributed by atoms with van der Waals surface area (Å²) in [5.74, 6) is -0.881. The molecular formula is C52H34N2O3. The van der Waals surface area contributed by atoms with Gasteiger partial charge in [0.15, 0.2) is 0 Å². The summed E-state index contributed by atoms with van der Waals surface area (Å²) < 4.78 is 0. The summed E-state index contributed by atoms with van der Waals surface area (Å²) in [6.45, 7) is 4.49. The number of pyridine rings is 2.